The first-order chi connectivity index (χ1) is 10.4. The lowest BCUT2D eigenvalue weighted by Crippen LogP contribution is -2.64. The second-order valence-electron chi connectivity index (χ2n) is 4.39. The van der Waals surface area contributed by atoms with E-state index in [0.717, 1.165) is 0 Å². The molecule has 0 spiro atoms. The van der Waals surface area contributed by atoms with Gasteiger partial charge in [0, 0.05) is 7.05 Å². The Morgan fingerprint density at radius 1 is 0.720 bits per heavy atom. The monoisotopic (exact) mass is 487 g/mol. The van der Waals surface area contributed by atoms with Crippen molar-refractivity contribution in [1.29, 1.82) is 0 Å². The Kier molecular flexibility index (Phi) is 6.68. The van der Waals surface area contributed by atoms with Crippen molar-refractivity contribution in [1.82, 2.24) is 3.71 Å². The number of alkyl halides is 9. The minimum absolute atomic E-state index is 0.0449. The Hall–Kier alpha value is 0.520. The van der Waals surface area contributed by atoms with Crippen LogP contribution in [-0.2, 0) is 20.0 Å². The number of hydrogen-bond acceptors (Lipinski definition) is 4. The Morgan fingerprint density at radius 2 is 1.04 bits per heavy atom. The number of nitrogens with zero attached hydrogens (tertiary/aromatic N) is 1. The van der Waals surface area contributed by atoms with Gasteiger partial charge in [0.1, 0.15) is 0 Å². The summed E-state index contributed by atoms with van der Waals surface area (Å²) in [6.45, 7) is 0. The van der Waals surface area contributed by atoms with E-state index < -0.39 is 58.1 Å². The maximum atomic E-state index is 14.2. The van der Waals surface area contributed by atoms with Crippen molar-refractivity contribution < 1.29 is 56.3 Å². The minimum Gasteiger partial charge on any atom is -0.225 e. The lowest BCUT2D eigenvalue weighted by Gasteiger charge is -2.40. The Balaban J connectivity index is 6.54. The number of sulfonamides is 2. The average Bonchev–Trinajstić information content (AvgIpc) is 2.34. The van der Waals surface area contributed by atoms with Crippen molar-refractivity contribution in [2.75, 3.05) is 7.05 Å². The van der Waals surface area contributed by atoms with Crippen LogP contribution in [0.15, 0.2) is 0 Å². The molecule has 0 rings (SSSR count). The number of halogens is 9. The molecule has 0 aliphatic carbocycles. The fourth-order valence-electron chi connectivity index (χ4n) is 1.08. The molecular weight excluding hydrogens is 478 g/mol. The maximum Gasteiger partial charge on any atom is 0.512 e. The summed E-state index contributed by atoms with van der Waals surface area (Å²) in [7, 11) is -13.9. The quantitative estimate of drug-likeness (QED) is 0.426. The van der Waals surface area contributed by atoms with Gasteiger partial charge in [0.05, 0.1) is 0 Å². The molecule has 152 valence electrons. The molecule has 25 heavy (non-hydrogen) atoms. The van der Waals surface area contributed by atoms with E-state index in [2.05, 4.69) is 0 Å². The zero-order valence-electron chi connectivity index (χ0n) is 11.5. The predicted molar refractivity (Wildman–Crippen MR) is 78.4 cm³/mol. The van der Waals surface area contributed by atoms with Crippen molar-refractivity contribution in [2.24, 2.45) is 0 Å². The number of rotatable bonds is 6. The summed E-state index contributed by atoms with van der Waals surface area (Å²) in [5.41, 5.74) is -11.6. The third kappa shape index (κ3) is 3.76. The van der Waals surface area contributed by atoms with E-state index in [1.807, 2.05) is 0 Å². The van der Waals surface area contributed by atoms with E-state index in [1.165, 1.54) is 0 Å². The fraction of sp³-hybridized carbons (Fsp3) is 1.00. The molecule has 0 N–H and O–H groups in total. The lowest BCUT2D eigenvalue weighted by atomic mass is 10.2. The second kappa shape index (κ2) is 6.55. The van der Waals surface area contributed by atoms with Crippen LogP contribution in [0.5, 0.6) is 0 Å². The summed E-state index contributed by atoms with van der Waals surface area (Å²) >= 11 is 0. The molecule has 0 aliphatic rings. The van der Waals surface area contributed by atoms with Gasteiger partial charge in [0.25, 0.3) is 15.4 Å². The zero-order valence-corrected chi connectivity index (χ0v) is 16.6. The predicted octanol–water partition coefficient (Wildman–Crippen LogP) is 2.24. The highest BCUT2D eigenvalue weighted by atomic mass is 32.3. The van der Waals surface area contributed by atoms with E-state index in [-0.39, 0.29) is 27.7 Å². The molecule has 0 aromatic heterocycles. The Labute approximate surface area is 142 Å². The van der Waals surface area contributed by atoms with Crippen LogP contribution >= 0.6 is 27.7 Å². The number of hydrogen-bond donors (Lipinski definition) is 0. The summed E-state index contributed by atoms with van der Waals surface area (Å²) in [4.78, 5) is 0. The van der Waals surface area contributed by atoms with Gasteiger partial charge < -0.3 is 0 Å². The highest BCUT2D eigenvalue weighted by Crippen LogP contribution is 2.60. The molecule has 0 radical (unpaired) electrons. The van der Waals surface area contributed by atoms with Crippen LogP contribution in [0.2, 0.25) is 0 Å². The van der Waals surface area contributed by atoms with Crippen LogP contribution in [-0.4, -0.2) is 54.8 Å². The van der Waals surface area contributed by atoms with Crippen molar-refractivity contribution in [2.45, 2.75) is 27.2 Å². The molecule has 0 aromatic rings. The van der Waals surface area contributed by atoms with Crippen molar-refractivity contribution in [3.63, 3.8) is 0 Å². The van der Waals surface area contributed by atoms with Gasteiger partial charge in [-0.05, 0) is 0 Å². The molecule has 5 atom stereocenters. The summed E-state index contributed by atoms with van der Waals surface area (Å²) in [6.07, 6.45) is 0. The van der Waals surface area contributed by atoms with Crippen LogP contribution in [0.3, 0.4) is 0 Å². The van der Waals surface area contributed by atoms with E-state index in [4.69, 9.17) is 0 Å². The van der Waals surface area contributed by atoms with Gasteiger partial charge in [0.2, 0.25) is 0 Å². The summed E-state index contributed by atoms with van der Waals surface area (Å²) in [5.74, 6) is -6.26. The van der Waals surface area contributed by atoms with Crippen LogP contribution in [0.25, 0.3) is 0 Å². The van der Waals surface area contributed by atoms with Crippen molar-refractivity contribution in [3.8, 4) is 0 Å². The van der Waals surface area contributed by atoms with Crippen molar-refractivity contribution in [3.05, 3.63) is 0 Å². The first kappa shape index (κ1) is 25.5. The van der Waals surface area contributed by atoms with Crippen LogP contribution in [0.1, 0.15) is 0 Å². The van der Waals surface area contributed by atoms with Gasteiger partial charge in [0.15, 0.2) is 0 Å². The average molecular weight is 487 g/mol. The van der Waals surface area contributed by atoms with Crippen LogP contribution in [0, 0.1) is 0 Å². The molecule has 0 heterocycles. The summed E-state index contributed by atoms with van der Waals surface area (Å²) in [5, 5.41) is -5.35. The Morgan fingerprint density at radius 3 is 1.28 bits per heavy atom. The highest BCUT2D eigenvalue weighted by molar-refractivity contribution is 8.06. The van der Waals surface area contributed by atoms with E-state index in [9.17, 15) is 56.3 Å². The molecule has 0 aliphatic heterocycles. The summed E-state index contributed by atoms with van der Waals surface area (Å²) in [6, 6.07) is 0. The minimum atomic E-state index is -6.92. The smallest absolute Gasteiger partial charge is 0.225 e. The maximum absolute atomic E-state index is 14.2. The third-order valence-corrected chi connectivity index (χ3v) is 9.60. The molecule has 0 fully saturated rings. The molecular formula is C6H9F9NO4P3S2. The summed E-state index contributed by atoms with van der Waals surface area (Å²) < 4.78 is 156. The first-order valence-corrected chi connectivity index (χ1v) is 9.82. The third-order valence-electron chi connectivity index (χ3n) is 2.72. The Bertz CT molecular complexity index is 727. The largest absolute Gasteiger partial charge is 0.512 e. The van der Waals surface area contributed by atoms with Gasteiger partial charge >= 0.3 is 31.9 Å². The molecule has 0 saturated heterocycles. The van der Waals surface area contributed by atoms with Gasteiger partial charge in [-0.15, -0.1) is 0 Å². The van der Waals surface area contributed by atoms with E-state index >= 15 is 0 Å². The van der Waals surface area contributed by atoms with Gasteiger partial charge in [-0.25, -0.2) is 25.6 Å². The van der Waals surface area contributed by atoms with Crippen LogP contribution in [0.4, 0.5) is 39.5 Å². The normalized spacial score (nSPS) is 20.2. The van der Waals surface area contributed by atoms with E-state index in [1.54, 1.807) is 0 Å². The fourth-order valence-corrected chi connectivity index (χ4v) is 5.41. The molecule has 19 heteroatoms. The van der Waals surface area contributed by atoms with Gasteiger partial charge in [-0.1, -0.05) is 31.4 Å². The molecule has 0 aromatic carbocycles. The van der Waals surface area contributed by atoms with Crippen LogP contribution < -0.4 is 0 Å². The molecule has 5 unspecified atom stereocenters. The van der Waals surface area contributed by atoms with Gasteiger partial charge in [-0.2, -0.15) is 30.7 Å². The van der Waals surface area contributed by atoms with E-state index in [0.29, 0.717) is 0 Å². The lowest BCUT2D eigenvalue weighted by molar-refractivity contribution is -0.187. The van der Waals surface area contributed by atoms with Gasteiger partial charge in [-0.3, -0.25) is 0 Å². The topological polar surface area (TPSA) is 71.5 Å². The molecule has 0 saturated carbocycles. The second-order valence-corrected chi connectivity index (χ2v) is 11.4. The standard InChI is InChI=1S/C6H9F9NO4P3S2/c1-16(25(19,20)6(13,14)15)24(17,18)5(12,23)2(7,8)3(9,21)4(10,11)22/h21-23H2,1H3. The highest BCUT2D eigenvalue weighted by Gasteiger charge is 2.78. The first-order valence-electron chi connectivity index (χ1n) is 5.20. The molecule has 0 bridgehead atoms. The molecule has 5 nitrogen and oxygen atoms in total. The zero-order chi connectivity index (χ0) is 21.1. The SMILES string of the molecule is CN(S(=O)(=O)C(F)(F)F)S(=O)(=O)C(F)(P)C(F)(F)C(F)(P)C(F)(F)P. The van der Waals surface area contributed by atoms with Crippen molar-refractivity contribution >= 4 is 47.8 Å². The molecule has 0 amide bonds.